The van der Waals surface area contributed by atoms with E-state index in [1.807, 2.05) is 0 Å². The van der Waals surface area contributed by atoms with E-state index in [4.69, 9.17) is 0 Å². The SMILES string of the molecule is O=C(Cc1ccc(Br)cc1F)C1CSCCN1. The first-order chi connectivity index (χ1) is 8.16. The van der Waals surface area contributed by atoms with Gasteiger partial charge in [0.2, 0.25) is 0 Å². The van der Waals surface area contributed by atoms with Crippen LogP contribution in [0.15, 0.2) is 22.7 Å². The van der Waals surface area contributed by atoms with Crippen LogP contribution in [0, 0.1) is 5.82 Å². The van der Waals surface area contributed by atoms with Gasteiger partial charge in [-0.3, -0.25) is 4.79 Å². The summed E-state index contributed by atoms with van der Waals surface area (Å²) in [5, 5.41) is 3.17. The number of Topliss-reactive ketones (excluding diaryl/α,β-unsaturated/α-hetero) is 1. The monoisotopic (exact) mass is 317 g/mol. The lowest BCUT2D eigenvalue weighted by Crippen LogP contribution is -2.44. The molecule has 1 N–H and O–H groups in total. The fourth-order valence-electron chi connectivity index (χ4n) is 1.75. The van der Waals surface area contributed by atoms with Crippen LogP contribution in [0.3, 0.4) is 0 Å². The zero-order valence-electron chi connectivity index (χ0n) is 9.21. The number of halogens is 2. The van der Waals surface area contributed by atoms with E-state index in [2.05, 4.69) is 21.2 Å². The van der Waals surface area contributed by atoms with Crippen LogP contribution in [-0.4, -0.2) is 29.9 Å². The van der Waals surface area contributed by atoms with Crippen molar-refractivity contribution in [1.82, 2.24) is 5.32 Å². The van der Waals surface area contributed by atoms with Gasteiger partial charge in [0, 0.05) is 28.9 Å². The normalized spacial score (nSPS) is 20.2. The predicted octanol–water partition coefficient (Wildman–Crippen LogP) is 2.40. The Balaban J connectivity index is 2.02. The standard InChI is InChI=1S/C12H13BrFNOS/c13-9-2-1-8(10(14)6-9)5-12(16)11-7-17-4-3-15-11/h1-2,6,11,15H,3-5,7H2. The molecule has 1 aromatic rings. The van der Waals surface area contributed by atoms with Crippen LogP contribution in [0.1, 0.15) is 5.56 Å². The van der Waals surface area contributed by atoms with Crippen molar-refractivity contribution in [3.8, 4) is 0 Å². The number of ketones is 1. The van der Waals surface area contributed by atoms with E-state index in [0.717, 1.165) is 18.1 Å². The van der Waals surface area contributed by atoms with Crippen molar-refractivity contribution in [2.75, 3.05) is 18.1 Å². The van der Waals surface area contributed by atoms with E-state index < -0.39 is 0 Å². The first kappa shape index (κ1) is 13.1. The molecule has 0 bridgehead atoms. The van der Waals surface area contributed by atoms with Crippen LogP contribution < -0.4 is 5.32 Å². The maximum Gasteiger partial charge on any atom is 0.155 e. The Labute approximate surface area is 112 Å². The molecule has 0 aliphatic carbocycles. The highest BCUT2D eigenvalue weighted by atomic mass is 79.9. The van der Waals surface area contributed by atoms with Gasteiger partial charge in [0.1, 0.15) is 5.82 Å². The summed E-state index contributed by atoms with van der Waals surface area (Å²) in [5.74, 6) is 1.57. The van der Waals surface area contributed by atoms with Crippen molar-refractivity contribution in [3.05, 3.63) is 34.1 Å². The van der Waals surface area contributed by atoms with Crippen LogP contribution in [0.25, 0.3) is 0 Å². The first-order valence-electron chi connectivity index (χ1n) is 5.44. The lowest BCUT2D eigenvalue weighted by molar-refractivity contribution is -0.120. The molecule has 1 saturated heterocycles. The number of nitrogens with one attached hydrogen (secondary N) is 1. The van der Waals surface area contributed by atoms with Gasteiger partial charge in [-0.1, -0.05) is 22.0 Å². The second-order valence-electron chi connectivity index (χ2n) is 3.96. The first-order valence-corrected chi connectivity index (χ1v) is 7.39. The fourth-order valence-corrected chi connectivity index (χ4v) is 3.05. The van der Waals surface area contributed by atoms with Crippen molar-refractivity contribution >= 4 is 33.5 Å². The number of benzene rings is 1. The van der Waals surface area contributed by atoms with E-state index in [0.29, 0.717) is 10.0 Å². The van der Waals surface area contributed by atoms with Gasteiger partial charge in [0.15, 0.2) is 5.78 Å². The molecular weight excluding hydrogens is 305 g/mol. The van der Waals surface area contributed by atoms with Crippen molar-refractivity contribution in [2.24, 2.45) is 0 Å². The zero-order valence-corrected chi connectivity index (χ0v) is 11.6. The Morgan fingerprint density at radius 3 is 3.06 bits per heavy atom. The Kier molecular flexibility index (Phi) is 4.59. The Bertz CT molecular complexity index is 421. The summed E-state index contributed by atoms with van der Waals surface area (Å²) in [6.07, 6.45) is 0.164. The van der Waals surface area contributed by atoms with E-state index in [-0.39, 0.29) is 24.1 Å². The number of carbonyl (C=O) groups excluding carboxylic acids is 1. The summed E-state index contributed by atoms with van der Waals surface area (Å²) in [7, 11) is 0. The topological polar surface area (TPSA) is 29.1 Å². The Morgan fingerprint density at radius 2 is 2.41 bits per heavy atom. The molecule has 1 aliphatic rings. The lowest BCUT2D eigenvalue weighted by atomic mass is 10.0. The van der Waals surface area contributed by atoms with E-state index in [1.54, 1.807) is 23.9 Å². The molecule has 1 heterocycles. The minimum Gasteiger partial charge on any atom is -0.306 e. The molecular formula is C12H13BrFNOS. The highest BCUT2D eigenvalue weighted by molar-refractivity contribution is 9.10. The molecule has 1 atom stereocenters. The minimum absolute atomic E-state index is 0.0680. The molecule has 0 amide bonds. The van der Waals surface area contributed by atoms with Crippen LogP contribution in [0.4, 0.5) is 4.39 Å². The van der Waals surface area contributed by atoms with Crippen molar-refractivity contribution in [1.29, 1.82) is 0 Å². The summed E-state index contributed by atoms with van der Waals surface area (Å²) in [6.45, 7) is 0.851. The summed E-state index contributed by atoms with van der Waals surface area (Å²) >= 11 is 4.96. The largest absolute Gasteiger partial charge is 0.306 e. The molecule has 92 valence electrons. The smallest absolute Gasteiger partial charge is 0.155 e. The van der Waals surface area contributed by atoms with Gasteiger partial charge in [-0.25, -0.2) is 4.39 Å². The third-order valence-corrected chi connectivity index (χ3v) is 4.25. The Morgan fingerprint density at radius 1 is 1.59 bits per heavy atom. The van der Waals surface area contributed by atoms with Gasteiger partial charge < -0.3 is 5.32 Å². The number of carbonyl (C=O) groups is 1. The van der Waals surface area contributed by atoms with Gasteiger partial charge in [-0.05, 0) is 17.7 Å². The molecule has 1 aromatic carbocycles. The number of hydrogen-bond donors (Lipinski definition) is 1. The van der Waals surface area contributed by atoms with Gasteiger partial charge in [-0.2, -0.15) is 11.8 Å². The molecule has 1 unspecified atom stereocenters. The average Bonchev–Trinajstić information content (AvgIpc) is 2.34. The summed E-state index contributed by atoms with van der Waals surface area (Å²) in [5.41, 5.74) is 0.468. The maximum atomic E-state index is 13.6. The maximum absolute atomic E-state index is 13.6. The van der Waals surface area contributed by atoms with Crippen molar-refractivity contribution in [3.63, 3.8) is 0 Å². The van der Waals surface area contributed by atoms with E-state index in [9.17, 15) is 9.18 Å². The molecule has 2 rings (SSSR count). The van der Waals surface area contributed by atoms with Crippen LogP contribution in [0.5, 0.6) is 0 Å². The van der Waals surface area contributed by atoms with Crippen molar-refractivity contribution < 1.29 is 9.18 Å². The number of hydrogen-bond acceptors (Lipinski definition) is 3. The predicted molar refractivity (Wildman–Crippen MR) is 71.9 cm³/mol. The highest BCUT2D eigenvalue weighted by Gasteiger charge is 2.21. The fraction of sp³-hybridized carbons (Fsp3) is 0.417. The molecule has 0 saturated carbocycles. The Hall–Kier alpha value is -0.390. The molecule has 1 aliphatic heterocycles. The van der Waals surface area contributed by atoms with Gasteiger partial charge >= 0.3 is 0 Å². The third kappa shape index (κ3) is 3.53. The lowest BCUT2D eigenvalue weighted by Gasteiger charge is -2.21. The molecule has 0 aromatic heterocycles. The average molecular weight is 318 g/mol. The van der Waals surface area contributed by atoms with E-state index in [1.165, 1.54) is 6.07 Å². The number of thioether (sulfide) groups is 1. The zero-order chi connectivity index (χ0) is 12.3. The molecule has 2 nitrogen and oxygen atoms in total. The summed E-state index contributed by atoms with van der Waals surface area (Å²) < 4.78 is 14.3. The summed E-state index contributed by atoms with van der Waals surface area (Å²) in [4.78, 5) is 12.0. The second-order valence-corrected chi connectivity index (χ2v) is 6.03. The van der Waals surface area contributed by atoms with Gasteiger partial charge in [-0.15, -0.1) is 0 Å². The van der Waals surface area contributed by atoms with E-state index >= 15 is 0 Å². The molecule has 5 heteroatoms. The van der Waals surface area contributed by atoms with Crippen LogP contribution in [-0.2, 0) is 11.2 Å². The van der Waals surface area contributed by atoms with Crippen LogP contribution in [0.2, 0.25) is 0 Å². The molecule has 1 fully saturated rings. The second kappa shape index (κ2) is 5.98. The third-order valence-electron chi connectivity index (χ3n) is 2.69. The van der Waals surface area contributed by atoms with Crippen LogP contribution >= 0.6 is 27.7 Å². The molecule has 0 radical (unpaired) electrons. The quantitative estimate of drug-likeness (QED) is 0.928. The number of rotatable bonds is 3. The molecule has 0 spiro atoms. The van der Waals surface area contributed by atoms with Gasteiger partial charge in [0.05, 0.1) is 6.04 Å². The minimum atomic E-state index is -0.323. The van der Waals surface area contributed by atoms with Gasteiger partial charge in [0.25, 0.3) is 0 Å². The summed E-state index contributed by atoms with van der Waals surface area (Å²) in [6, 6.07) is 4.69. The molecule has 17 heavy (non-hydrogen) atoms. The highest BCUT2D eigenvalue weighted by Crippen LogP contribution is 2.17. The van der Waals surface area contributed by atoms with Crippen molar-refractivity contribution in [2.45, 2.75) is 12.5 Å².